The lowest BCUT2D eigenvalue weighted by molar-refractivity contribution is 0.241. The van der Waals surface area contributed by atoms with E-state index in [1.54, 1.807) is 12.1 Å². The molecule has 0 radical (unpaired) electrons. The Bertz CT molecular complexity index is 1090. The summed E-state index contributed by atoms with van der Waals surface area (Å²) >= 11 is 10.6. The topological polar surface area (TPSA) is 91.9 Å². The van der Waals surface area contributed by atoms with Crippen molar-refractivity contribution >= 4 is 47.9 Å². The number of nitrogens with zero attached hydrogens (tertiary/aromatic N) is 4. The number of thiol groups is 1. The molecule has 2 aliphatic carbocycles. The van der Waals surface area contributed by atoms with Crippen LogP contribution in [0.3, 0.4) is 0 Å². The zero-order valence-electron chi connectivity index (χ0n) is 21.3. The number of carbonyl (C=O) groups excluding carboxylic acids is 1. The van der Waals surface area contributed by atoms with Gasteiger partial charge in [-0.05, 0) is 51.4 Å². The summed E-state index contributed by atoms with van der Waals surface area (Å²) in [5.41, 5.74) is 2.91. The average molecular weight is 535 g/mol. The van der Waals surface area contributed by atoms with E-state index >= 15 is 0 Å². The van der Waals surface area contributed by atoms with E-state index in [4.69, 9.17) is 31.0 Å². The monoisotopic (exact) mass is 534 g/mol. The first-order chi connectivity index (χ1) is 17.3. The smallest absolute Gasteiger partial charge is 0.332 e. The lowest BCUT2D eigenvalue weighted by Crippen LogP contribution is -2.44. The van der Waals surface area contributed by atoms with Gasteiger partial charge in [0.1, 0.15) is 23.0 Å². The number of amides is 2. The van der Waals surface area contributed by atoms with E-state index in [1.165, 1.54) is 42.6 Å². The molecule has 1 heterocycles. The Balaban J connectivity index is 1.35. The van der Waals surface area contributed by atoms with Crippen molar-refractivity contribution in [3.05, 3.63) is 28.4 Å². The van der Waals surface area contributed by atoms with Crippen molar-refractivity contribution in [2.24, 2.45) is 0 Å². The Morgan fingerprint density at radius 3 is 2.36 bits per heavy atom. The van der Waals surface area contributed by atoms with Crippen LogP contribution < -0.4 is 29.3 Å². The number of hydrogen-bond donors (Lipinski definition) is 3. The number of benzene rings is 1. The van der Waals surface area contributed by atoms with E-state index in [1.807, 2.05) is 14.1 Å². The average Bonchev–Trinajstić information content (AvgIpc) is 2.88. The van der Waals surface area contributed by atoms with Crippen LogP contribution in [0.15, 0.2) is 12.1 Å². The largest absolute Gasteiger partial charge is 0.495 e. The molecule has 2 amide bonds. The van der Waals surface area contributed by atoms with Crippen LogP contribution in [0, 0.1) is 0 Å². The van der Waals surface area contributed by atoms with Gasteiger partial charge in [-0.15, -0.1) is 0 Å². The first-order valence-corrected chi connectivity index (χ1v) is 13.1. The van der Waals surface area contributed by atoms with Crippen molar-refractivity contribution in [3.63, 3.8) is 0 Å². The zero-order chi connectivity index (χ0) is 25.8. The number of aromatic nitrogens is 2. The van der Waals surface area contributed by atoms with E-state index in [0.717, 1.165) is 44.3 Å². The van der Waals surface area contributed by atoms with E-state index in [0.29, 0.717) is 28.2 Å². The van der Waals surface area contributed by atoms with Gasteiger partial charge in [-0.2, -0.15) is 4.98 Å². The molecule has 11 heteroatoms. The number of fused-ring (bicyclic) bond motifs is 1. The Morgan fingerprint density at radius 2 is 1.69 bits per heavy atom. The van der Waals surface area contributed by atoms with Gasteiger partial charge in [-0.1, -0.05) is 24.4 Å². The predicted molar refractivity (Wildman–Crippen MR) is 147 cm³/mol. The minimum Gasteiger partial charge on any atom is -0.495 e. The molecule has 36 heavy (non-hydrogen) atoms. The van der Waals surface area contributed by atoms with Gasteiger partial charge in [0.2, 0.25) is 5.95 Å². The summed E-state index contributed by atoms with van der Waals surface area (Å²) in [6, 6.07) is 3.23. The molecule has 0 spiro atoms. The van der Waals surface area contributed by atoms with Crippen LogP contribution in [0.2, 0.25) is 5.02 Å². The van der Waals surface area contributed by atoms with Crippen LogP contribution in [-0.2, 0) is 12.8 Å². The number of carbonyl (C=O) groups is 1. The summed E-state index contributed by atoms with van der Waals surface area (Å²) in [7, 11) is 7.11. The van der Waals surface area contributed by atoms with Gasteiger partial charge in [-0.25, -0.2) is 14.1 Å². The summed E-state index contributed by atoms with van der Waals surface area (Å²) in [4.78, 5) is 24.7. The maximum atomic E-state index is 12.9. The van der Waals surface area contributed by atoms with Gasteiger partial charge < -0.3 is 25.0 Å². The molecule has 0 saturated heterocycles. The molecule has 2 aliphatic rings. The molecular weight excluding hydrogens is 500 g/mol. The Labute approximate surface area is 223 Å². The summed E-state index contributed by atoms with van der Waals surface area (Å²) in [5.74, 6) is 2.59. The number of ether oxygens (including phenoxy) is 2. The van der Waals surface area contributed by atoms with Crippen LogP contribution >= 0.6 is 24.4 Å². The van der Waals surface area contributed by atoms with E-state index in [2.05, 4.69) is 28.3 Å². The molecule has 0 bridgehead atoms. The molecule has 2 aromatic rings. The van der Waals surface area contributed by atoms with Crippen LogP contribution in [-0.4, -0.2) is 56.4 Å². The number of urea groups is 1. The van der Waals surface area contributed by atoms with Gasteiger partial charge in [0, 0.05) is 43.9 Å². The number of nitrogens with one attached hydrogen (secondary N) is 2. The summed E-state index contributed by atoms with van der Waals surface area (Å²) in [6.07, 6.45) is 7.94. The third kappa shape index (κ3) is 5.86. The molecule has 9 nitrogen and oxygen atoms in total. The molecule has 2 N–H and O–H groups in total. The number of methoxy groups -OCH3 is 2. The highest BCUT2D eigenvalue weighted by molar-refractivity contribution is 7.82. The van der Waals surface area contributed by atoms with E-state index < -0.39 is 0 Å². The van der Waals surface area contributed by atoms with Crippen molar-refractivity contribution in [3.8, 4) is 11.5 Å². The lowest BCUT2D eigenvalue weighted by Gasteiger charge is -2.31. The lowest BCUT2D eigenvalue weighted by atomic mass is 9.91. The first kappa shape index (κ1) is 26.5. The molecule has 4 rings (SSSR count). The van der Waals surface area contributed by atoms with Gasteiger partial charge in [0.05, 0.1) is 24.9 Å². The summed E-state index contributed by atoms with van der Waals surface area (Å²) in [5, 5.41) is 7.03. The highest BCUT2D eigenvalue weighted by atomic mass is 35.5. The Morgan fingerprint density at radius 1 is 1.03 bits per heavy atom. The van der Waals surface area contributed by atoms with E-state index in [9.17, 15) is 4.79 Å². The Hall–Kier alpha value is -2.59. The first-order valence-electron chi connectivity index (χ1n) is 12.3. The van der Waals surface area contributed by atoms with Crippen LogP contribution in [0.5, 0.6) is 11.5 Å². The third-order valence-electron chi connectivity index (χ3n) is 6.85. The minimum absolute atomic E-state index is 0.0483. The fourth-order valence-electron chi connectivity index (χ4n) is 4.93. The van der Waals surface area contributed by atoms with Crippen molar-refractivity contribution in [1.82, 2.24) is 15.3 Å². The summed E-state index contributed by atoms with van der Waals surface area (Å²) in [6.45, 7) is 0. The van der Waals surface area contributed by atoms with E-state index in [-0.39, 0.29) is 18.1 Å². The number of hydrogen-bond acceptors (Lipinski definition) is 8. The molecule has 0 aliphatic heterocycles. The van der Waals surface area contributed by atoms with Gasteiger partial charge >= 0.3 is 6.03 Å². The predicted octanol–water partition coefficient (Wildman–Crippen LogP) is 4.88. The van der Waals surface area contributed by atoms with Gasteiger partial charge in [0.25, 0.3) is 0 Å². The van der Waals surface area contributed by atoms with Crippen LogP contribution in [0.4, 0.5) is 22.2 Å². The zero-order valence-corrected chi connectivity index (χ0v) is 23.0. The molecule has 1 aromatic heterocycles. The normalized spacial score (nSPS) is 19.2. The van der Waals surface area contributed by atoms with Gasteiger partial charge in [0.15, 0.2) is 0 Å². The highest BCUT2D eigenvalue weighted by Crippen LogP contribution is 2.39. The Kier molecular flexibility index (Phi) is 8.56. The molecule has 0 unspecified atom stereocenters. The SMILES string of the molecule is COc1cc(N(S)C(=O)NC2CCC(Nc3nc4c(c(N(C)C)n3)CCCC4)CC2)c(OC)cc1Cl. The third-order valence-corrected chi connectivity index (χ3v) is 7.54. The molecular formula is C25H35ClN6O3S. The number of aryl methyl sites for hydroxylation is 1. The highest BCUT2D eigenvalue weighted by Gasteiger charge is 2.27. The van der Waals surface area contributed by atoms with Crippen molar-refractivity contribution < 1.29 is 14.3 Å². The summed E-state index contributed by atoms with van der Waals surface area (Å²) < 4.78 is 11.9. The second kappa shape index (κ2) is 11.6. The molecule has 196 valence electrons. The number of rotatable bonds is 7. The standard InChI is InChI=1S/C25H35ClN6O3S/c1-31(2)23-17-7-5-6-8-19(17)29-24(30-23)27-15-9-11-16(12-10-15)28-25(33)32(36)20-14-21(34-3)18(26)13-22(20)35-4/h13-16,36H,5-12H2,1-4H3,(H,28,33)(H,27,29,30). The fraction of sp³-hybridized carbons (Fsp3) is 0.560. The molecule has 0 atom stereocenters. The number of anilines is 3. The maximum Gasteiger partial charge on any atom is 0.332 e. The second-order valence-electron chi connectivity index (χ2n) is 9.51. The van der Waals surface area contributed by atoms with Crippen LogP contribution in [0.1, 0.15) is 49.8 Å². The minimum atomic E-state index is -0.328. The second-order valence-corrected chi connectivity index (χ2v) is 10.3. The molecule has 1 saturated carbocycles. The molecule has 1 fully saturated rings. The van der Waals surface area contributed by atoms with Crippen molar-refractivity contribution in [2.45, 2.75) is 63.5 Å². The van der Waals surface area contributed by atoms with Gasteiger partial charge in [-0.3, -0.25) is 0 Å². The fourth-order valence-corrected chi connectivity index (χ4v) is 5.37. The van der Waals surface area contributed by atoms with Crippen molar-refractivity contribution in [1.29, 1.82) is 0 Å². The molecule has 1 aromatic carbocycles. The quantitative estimate of drug-likeness (QED) is 0.436. The van der Waals surface area contributed by atoms with Crippen molar-refractivity contribution in [2.75, 3.05) is 42.8 Å². The van der Waals surface area contributed by atoms with Crippen LogP contribution in [0.25, 0.3) is 0 Å². The number of halogens is 1. The maximum absolute atomic E-state index is 12.9.